The first-order chi connectivity index (χ1) is 7.79. The first kappa shape index (κ1) is 11.6. The molecule has 0 atom stereocenters. The van der Waals surface area contributed by atoms with Crippen molar-refractivity contribution in [2.24, 2.45) is 5.92 Å². The molecule has 0 N–H and O–H groups in total. The quantitative estimate of drug-likeness (QED) is 0.793. The Morgan fingerprint density at radius 2 is 1.88 bits per heavy atom. The highest BCUT2D eigenvalue weighted by molar-refractivity contribution is 9.10. The molecule has 1 aromatic carbocycles. The number of aldehydes is 1. The van der Waals surface area contributed by atoms with Crippen molar-refractivity contribution in [3.8, 4) is 0 Å². The molecule has 1 saturated heterocycles. The van der Waals surface area contributed by atoms with Crippen LogP contribution in [0.25, 0.3) is 0 Å². The lowest BCUT2D eigenvalue weighted by atomic mass is 9.94. The molecule has 1 aliphatic rings. The highest BCUT2D eigenvalue weighted by Gasteiger charge is 2.18. The van der Waals surface area contributed by atoms with Crippen molar-refractivity contribution in [2.45, 2.75) is 19.3 Å². The van der Waals surface area contributed by atoms with Gasteiger partial charge in [-0.3, -0.25) is 0 Å². The van der Waals surface area contributed by atoms with Crippen molar-refractivity contribution in [3.05, 3.63) is 28.7 Å². The SMILES string of the molecule is O=CCC1CCN(c2ccc(Br)cc2)CC1. The Morgan fingerprint density at radius 3 is 2.44 bits per heavy atom. The van der Waals surface area contributed by atoms with Crippen LogP contribution in [0.1, 0.15) is 19.3 Å². The Morgan fingerprint density at radius 1 is 1.25 bits per heavy atom. The van der Waals surface area contributed by atoms with Gasteiger partial charge in [-0.1, -0.05) is 15.9 Å². The van der Waals surface area contributed by atoms with Gasteiger partial charge in [-0.25, -0.2) is 0 Å². The number of hydrogen-bond acceptors (Lipinski definition) is 2. The van der Waals surface area contributed by atoms with E-state index in [1.807, 2.05) is 0 Å². The van der Waals surface area contributed by atoms with Crippen LogP contribution in [0.2, 0.25) is 0 Å². The lowest BCUT2D eigenvalue weighted by Gasteiger charge is -2.33. The predicted octanol–water partition coefficient (Wildman–Crippen LogP) is 3.25. The van der Waals surface area contributed by atoms with Gasteiger partial charge in [0.25, 0.3) is 0 Å². The summed E-state index contributed by atoms with van der Waals surface area (Å²) in [4.78, 5) is 12.8. The highest BCUT2D eigenvalue weighted by Crippen LogP contribution is 2.25. The second-order valence-corrected chi connectivity index (χ2v) is 5.22. The van der Waals surface area contributed by atoms with Crippen LogP contribution < -0.4 is 4.90 Å². The normalized spacial score (nSPS) is 17.4. The fraction of sp³-hybridized carbons (Fsp3) is 0.462. The van der Waals surface area contributed by atoms with Gasteiger partial charge in [0.1, 0.15) is 6.29 Å². The fourth-order valence-corrected chi connectivity index (χ4v) is 2.48. The summed E-state index contributed by atoms with van der Waals surface area (Å²) in [5, 5.41) is 0. The molecular weight excluding hydrogens is 266 g/mol. The van der Waals surface area contributed by atoms with Crippen LogP contribution in [-0.4, -0.2) is 19.4 Å². The maximum atomic E-state index is 10.4. The van der Waals surface area contributed by atoms with Crippen molar-refractivity contribution in [3.63, 3.8) is 0 Å². The molecule has 1 heterocycles. The number of rotatable bonds is 3. The van der Waals surface area contributed by atoms with Gasteiger partial charge >= 0.3 is 0 Å². The standard InChI is InChI=1S/C13H16BrNO/c14-12-1-3-13(4-2-12)15-8-5-11(6-9-15)7-10-16/h1-4,10-11H,5-9H2. The van der Waals surface area contributed by atoms with Gasteiger partial charge in [0, 0.05) is 29.7 Å². The van der Waals surface area contributed by atoms with Gasteiger partial charge < -0.3 is 9.69 Å². The van der Waals surface area contributed by atoms with Gasteiger partial charge in [0.05, 0.1) is 0 Å². The summed E-state index contributed by atoms with van der Waals surface area (Å²) in [6.07, 6.45) is 4.05. The van der Waals surface area contributed by atoms with Crippen LogP contribution in [0.15, 0.2) is 28.7 Å². The van der Waals surface area contributed by atoms with Crippen LogP contribution in [0, 0.1) is 5.92 Å². The molecule has 0 amide bonds. The zero-order valence-corrected chi connectivity index (χ0v) is 10.8. The second kappa shape index (κ2) is 5.48. The molecule has 1 aromatic rings. The van der Waals surface area contributed by atoms with E-state index in [1.54, 1.807) is 0 Å². The largest absolute Gasteiger partial charge is 0.372 e. The second-order valence-electron chi connectivity index (χ2n) is 4.31. The average Bonchev–Trinajstić information content (AvgIpc) is 2.32. The van der Waals surface area contributed by atoms with E-state index in [0.29, 0.717) is 5.92 Å². The van der Waals surface area contributed by atoms with Gasteiger partial charge in [-0.2, -0.15) is 0 Å². The topological polar surface area (TPSA) is 20.3 Å². The van der Waals surface area contributed by atoms with E-state index in [0.717, 1.165) is 43.1 Å². The molecule has 1 aliphatic heterocycles. The fourth-order valence-electron chi connectivity index (χ4n) is 2.21. The predicted molar refractivity (Wildman–Crippen MR) is 69.8 cm³/mol. The smallest absolute Gasteiger partial charge is 0.120 e. The molecular formula is C13H16BrNO. The third kappa shape index (κ3) is 2.85. The van der Waals surface area contributed by atoms with Crippen molar-refractivity contribution < 1.29 is 4.79 Å². The van der Waals surface area contributed by atoms with Crippen LogP contribution >= 0.6 is 15.9 Å². The number of benzene rings is 1. The summed E-state index contributed by atoms with van der Waals surface area (Å²) < 4.78 is 1.12. The minimum Gasteiger partial charge on any atom is -0.372 e. The summed E-state index contributed by atoms with van der Waals surface area (Å²) in [5.74, 6) is 0.601. The summed E-state index contributed by atoms with van der Waals surface area (Å²) >= 11 is 3.44. The Labute approximate surface area is 105 Å². The Balaban J connectivity index is 1.93. The Hall–Kier alpha value is -0.830. The summed E-state index contributed by atoms with van der Waals surface area (Å²) in [6, 6.07) is 8.44. The molecule has 3 heteroatoms. The Bertz CT molecular complexity index is 341. The van der Waals surface area contributed by atoms with Crippen molar-refractivity contribution in [1.29, 1.82) is 0 Å². The number of carbonyl (C=O) groups is 1. The van der Waals surface area contributed by atoms with Gasteiger partial charge in [-0.15, -0.1) is 0 Å². The lowest BCUT2D eigenvalue weighted by Crippen LogP contribution is -2.33. The molecule has 0 unspecified atom stereocenters. The summed E-state index contributed by atoms with van der Waals surface area (Å²) in [5.41, 5.74) is 1.28. The third-order valence-corrected chi connectivity index (χ3v) is 3.76. The molecule has 0 aromatic heterocycles. The molecule has 0 aliphatic carbocycles. The number of nitrogens with zero attached hydrogens (tertiary/aromatic N) is 1. The molecule has 2 rings (SSSR count). The molecule has 0 bridgehead atoms. The van der Waals surface area contributed by atoms with E-state index in [2.05, 4.69) is 45.1 Å². The molecule has 0 radical (unpaired) electrons. The van der Waals surface area contributed by atoms with Crippen molar-refractivity contribution in [1.82, 2.24) is 0 Å². The first-order valence-electron chi connectivity index (χ1n) is 5.74. The zero-order chi connectivity index (χ0) is 11.4. The maximum absolute atomic E-state index is 10.4. The number of halogens is 1. The molecule has 0 spiro atoms. The molecule has 2 nitrogen and oxygen atoms in total. The maximum Gasteiger partial charge on any atom is 0.120 e. The van der Waals surface area contributed by atoms with Crippen LogP contribution in [0.5, 0.6) is 0 Å². The van der Waals surface area contributed by atoms with Crippen LogP contribution in [0.3, 0.4) is 0 Å². The van der Waals surface area contributed by atoms with Crippen molar-refractivity contribution >= 4 is 27.9 Å². The van der Waals surface area contributed by atoms with E-state index >= 15 is 0 Å². The minimum atomic E-state index is 0.601. The highest BCUT2D eigenvalue weighted by atomic mass is 79.9. The zero-order valence-electron chi connectivity index (χ0n) is 9.23. The number of anilines is 1. The van der Waals surface area contributed by atoms with Gasteiger partial charge in [0.15, 0.2) is 0 Å². The van der Waals surface area contributed by atoms with E-state index < -0.39 is 0 Å². The van der Waals surface area contributed by atoms with E-state index in [-0.39, 0.29) is 0 Å². The number of piperidine rings is 1. The first-order valence-corrected chi connectivity index (χ1v) is 6.53. The van der Waals surface area contributed by atoms with Crippen LogP contribution in [-0.2, 0) is 4.79 Å². The van der Waals surface area contributed by atoms with Crippen molar-refractivity contribution in [2.75, 3.05) is 18.0 Å². The minimum absolute atomic E-state index is 0.601. The number of hydrogen-bond donors (Lipinski definition) is 0. The Kier molecular flexibility index (Phi) is 3.99. The molecule has 0 saturated carbocycles. The molecule has 16 heavy (non-hydrogen) atoms. The number of carbonyl (C=O) groups excluding carboxylic acids is 1. The lowest BCUT2D eigenvalue weighted by molar-refractivity contribution is -0.108. The average molecular weight is 282 g/mol. The van der Waals surface area contributed by atoms with E-state index in [9.17, 15) is 4.79 Å². The molecule has 1 fully saturated rings. The monoisotopic (exact) mass is 281 g/mol. The van der Waals surface area contributed by atoms with Crippen LogP contribution in [0.4, 0.5) is 5.69 Å². The van der Waals surface area contributed by atoms with Gasteiger partial charge in [-0.05, 0) is 43.0 Å². The van der Waals surface area contributed by atoms with E-state index in [4.69, 9.17) is 0 Å². The summed E-state index contributed by atoms with van der Waals surface area (Å²) in [6.45, 7) is 2.14. The summed E-state index contributed by atoms with van der Waals surface area (Å²) in [7, 11) is 0. The molecule has 86 valence electrons. The van der Waals surface area contributed by atoms with Gasteiger partial charge in [0.2, 0.25) is 0 Å². The third-order valence-electron chi connectivity index (χ3n) is 3.24. The van der Waals surface area contributed by atoms with E-state index in [1.165, 1.54) is 5.69 Å².